The number of halogens is 2. The molecule has 0 aromatic rings. The number of nitrogens with zero attached hydrogens (tertiary/aromatic N) is 2. The molecule has 5 nitrogen and oxygen atoms in total. The minimum absolute atomic E-state index is 0.277. The van der Waals surface area contributed by atoms with E-state index < -0.39 is 15.7 Å². The SMILES string of the molecule is CC.CC(C)(C[N+](C)(C)CCS(=O)(=O)O)N(Cl)Cl. The van der Waals surface area contributed by atoms with Crippen LogP contribution in [0.15, 0.2) is 0 Å². The summed E-state index contributed by atoms with van der Waals surface area (Å²) in [6.07, 6.45) is 0. The third-order valence-electron chi connectivity index (χ3n) is 2.23. The van der Waals surface area contributed by atoms with Crippen molar-refractivity contribution in [3.63, 3.8) is 0 Å². The van der Waals surface area contributed by atoms with E-state index in [0.717, 1.165) is 3.94 Å². The van der Waals surface area contributed by atoms with E-state index in [-0.39, 0.29) is 5.75 Å². The van der Waals surface area contributed by atoms with E-state index in [0.29, 0.717) is 17.6 Å². The number of hydrogen-bond acceptors (Lipinski definition) is 3. The zero-order valence-corrected chi connectivity index (χ0v) is 14.3. The van der Waals surface area contributed by atoms with Crippen molar-refractivity contribution in [2.75, 3.05) is 32.9 Å². The molecule has 0 aromatic heterocycles. The molecule has 0 atom stereocenters. The summed E-state index contributed by atoms with van der Waals surface area (Å²) in [6, 6.07) is 0. The molecule has 0 fully saturated rings. The van der Waals surface area contributed by atoms with Crippen LogP contribution in [0.1, 0.15) is 27.7 Å². The first-order chi connectivity index (χ1) is 7.86. The van der Waals surface area contributed by atoms with E-state index in [2.05, 4.69) is 0 Å². The molecule has 0 saturated heterocycles. The lowest BCUT2D eigenvalue weighted by Crippen LogP contribution is -2.54. The Kier molecular flexibility index (Phi) is 9.06. The van der Waals surface area contributed by atoms with Crippen molar-refractivity contribution in [3.8, 4) is 0 Å². The molecule has 0 spiro atoms. The average Bonchev–Trinajstić information content (AvgIpc) is 2.15. The van der Waals surface area contributed by atoms with E-state index >= 15 is 0 Å². The van der Waals surface area contributed by atoms with Gasteiger partial charge in [-0.1, -0.05) is 13.8 Å². The molecule has 0 aromatic carbocycles. The standard InChI is InChI=1S/C8H18Cl2N2O3S.C2H6/c1-8(2,11(9)10)7-12(3,4)5-6-16(13,14)15;1-2/h5-7H2,1-4H3;1-2H3/p+1. The third-order valence-corrected chi connectivity index (χ3v) is 3.84. The number of hydrogen-bond donors (Lipinski definition) is 1. The van der Waals surface area contributed by atoms with Crippen molar-refractivity contribution in [1.29, 1.82) is 0 Å². The highest BCUT2D eigenvalue weighted by molar-refractivity contribution is 7.85. The van der Waals surface area contributed by atoms with Crippen LogP contribution in [0.5, 0.6) is 0 Å². The molecule has 112 valence electrons. The van der Waals surface area contributed by atoms with Gasteiger partial charge < -0.3 is 4.48 Å². The second-order valence-electron chi connectivity index (χ2n) is 5.15. The minimum atomic E-state index is -3.93. The summed E-state index contributed by atoms with van der Waals surface area (Å²) in [5, 5.41) is 0. The minimum Gasteiger partial charge on any atom is -0.326 e. The highest BCUT2D eigenvalue weighted by atomic mass is 35.5. The van der Waals surface area contributed by atoms with Gasteiger partial charge in [-0.05, 0) is 37.4 Å². The van der Waals surface area contributed by atoms with Crippen LogP contribution in [0.25, 0.3) is 0 Å². The quantitative estimate of drug-likeness (QED) is 0.463. The molecule has 0 saturated carbocycles. The molecule has 0 aliphatic heterocycles. The first kappa shape index (κ1) is 20.7. The van der Waals surface area contributed by atoms with Crippen LogP contribution >= 0.6 is 23.6 Å². The van der Waals surface area contributed by atoms with Crippen LogP contribution in [0.2, 0.25) is 0 Å². The van der Waals surface area contributed by atoms with Crippen LogP contribution in [-0.2, 0) is 10.1 Å². The Balaban J connectivity index is 0. The first-order valence-electron chi connectivity index (χ1n) is 5.75. The highest BCUT2D eigenvalue weighted by Gasteiger charge is 2.33. The lowest BCUT2D eigenvalue weighted by atomic mass is 10.1. The van der Waals surface area contributed by atoms with E-state index in [1.54, 1.807) is 0 Å². The van der Waals surface area contributed by atoms with Crippen molar-refractivity contribution in [2.24, 2.45) is 0 Å². The van der Waals surface area contributed by atoms with E-state index in [1.165, 1.54) is 0 Å². The zero-order chi connectivity index (χ0) is 15.2. The lowest BCUT2D eigenvalue weighted by molar-refractivity contribution is -0.891. The molecule has 0 bridgehead atoms. The fourth-order valence-corrected chi connectivity index (χ4v) is 2.37. The van der Waals surface area contributed by atoms with Gasteiger partial charge in [-0.15, -0.1) is 3.94 Å². The van der Waals surface area contributed by atoms with Gasteiger partial charge in [0.15, 0.2) is 0 Å². The Morgan fingerprint density at radius 3 is 1.89 bits per heavy atom. The molecular formula is C10H25Cl2N2O3S+. The van der Waals surface area contributed by atoms with Gasteiger partial charge in [0, 0.05) is 0 Å². The summed E-state index contributed by atoms with van der Waals surface area (Å²) in [7, 11) is -0.226. The Morgan fingerprint density at radius 2 is 1.61 bits per heavy atom. The van der Waals surface area contributed by atoms with Gasteiger partial charge in [-0.25, -0.2) is 0 Å². The smallest absolute Gasteiger partial charge is 0.270 e. The monoisotopic (exact) mass is 323 g/mol. The van der Waals surface area contributed by atoms with Crippen LogP contribution < -0.4 is 0 Å². The van der Waals surface area contributed by atoms with Gasteiger partial charge in [0.25, 0.3) is 10.1 Å². The Morgan fingerprint density at radius 1 is 1.22 bits per heavy atom. The fraction of sp³-hybridized carbons (Fsp3) is 1.00. The lowest BCUT2D eigenvalue weighted by Gasteiger charge is -2.38. The van der Waals surface area contributed by atoms with Crippen LogP contribution in [0.4, 0.5) is 0 Å². The van der Waals surface area contributed by atoms with Crippen molar-refractivity contribution < 1.29 is 17.5 Å². The number of rotatable bonds is 6. The molecular weight excluding hydrogens is 299 g/mol. The maximum Gasteiger partial charge on any atom is 0.270 e. The average molecular weight is 324 g/mol. The number of quaternary nitrogens is 1. The van der Waals surface area contributed by atoms with Gasteiger partial charge >= 0.3 is 0 Å². The summed E-state index contributed by atoms with van der Waals surface area (Å²) in [5.41, 5.74) is -0.480. The molecule has 1 N–H and O–H groups in total. The molecule has 0 aliphatic rings. The molecule has 0 heterocycles. The Hall–Kier alpha value is 0.410. The maximum atomic E-state index is 10.7. The normalized spacial score (nSPS) is 13.2. The van der Waals surface area contributed by atoms with Gasteiger partial charge in [-0.2, -0.15) is 8.42 Å². The predicted molar refractivity (Wildman–Crippen MR) is 77.2 cm³/mol. The second kappa shape index (κ2) is 7.87. The Labute approximate surface area is 121 Å². The largest absolute Gasteiger partial charge is 0.326 e. The van der Waals surface area contributed by atoms with Crippen molar-refractivity contribution in [2.45, 2.75) is 33.2 Å². The first-order valence-corrected chi connectivity index (χ1v) is 8.03. The zero-order valence-electron chi connectivity index (χ0n) is 11.9. The van der Waals surface area contributed by atoms with Crippen LogP contribution in [0.3, 0.4) is 0 Å². The van der Waals surface area contributed by atoms with Crippen molar-refractivity contribution >= 4 is 33.7 Å². The Bertz CT molecular complexity index is 330. The molecule has 0 amide bonds. The van der Waals surface area contributed by atoms with Gasteiger partial charge in [0.1, 0.15) is 5.75 Å². The number of likely N-dealkylation sites (N-methyl/N-ethyl adjacent to an activating group) is 1. The van der Waals surface area contributed by atoms with Crippen LogP contribution in [-0.4, -0.2) is 59.9 Å². The topological polar surface area (TPSA) is 57.6 Å². The van der Waals surface area contributed by atoms with Crippen molar-refractivity contribution in [1.82, 2.24) is 3.94 Å². The molecule has 0 unspecified atom stereocenters. The molecule has 0 rings (SSSR count). The molecule has 0 aliphatic carbocycles. The third kappa shape index (κ3) is 10.3. The maximum absolute atomic E-state index is 10.7. The predicted octanol–water partition coefficient (Wildman–Crippen LogP) is 2.37. The molecule has 0 radical (unpaired) electrons. The fourth-order valence-electron chi connectivity index (χ4n) is 1.54. The molecule has 18 heavy (non-hydrogen) atoms. The summed E-state index contributed by atoms with van der Waals surface area (Å²) >= 11 is 11.4. The molecule has 8 heteroatoms. The summed E-state index contributed by atoms with van der Waals surface area (Å²) in [4.78, 5) is 0. The van der Waals surface area contributed by atoms with E-state index in [1.807, 2.05) is 41.8 Å². The van der Waals surface area contributed by atoms with E-state index in [4.69, 9.17) is 28.1 Å². The summed E-state index contributed by atoms with van der Waals surface area (Å²) in [6.45, 7) is 8.54. The highest BCUT2D eigenvalue weighted by Crippen LogP contribution is 2.22. The van der Waals surface area contributed by atoms with Gasteiger partial charge in [0.2, 0.25) is 0 Å². The van der Waals surface area contributed by atoms with Gasteiger partial charge in [0.05, 0.1) is 32.7 Å². The van der Waals surface area contributed by atoms with E-state index in [9.17, 15) is 8.42 Å². The second-order valence-corrected chi connectivity index (χ2v) is 7.57. The van der Waals surface area contributed by atoms with Gasteiger partial charge in [-0.3, -0.25) is 4.55 Å². The van der Waals surface area contributed by atoms with Crippen molar-refractivity contribution in [3.05, 3.63) is 0 Å². The summed E-state index contributed by atoms with van der Waals surface area (Å²) in [5.74, 6) is -0.277. The summed E-state index contributed by atoms with van der Waals surface area (Å²) < 4.78 is 31.5. The van der Waals surface area contributed by atoms with Crippen LogP contribution in [0, 0.1) is 0 Å².